The fraction of sp³-hybridized carbons (Fsp3) is 0.700. The Morgan fingerprint density at radius 1 is 1.46 bits per heavy atom. The van der Waals surface area contributed by atoms with E-state index in [0.717, 1.165) is 12.8 Å². The van der Waals surface area contributed by atoms with E-state index in [1.54, 1.807) is 0 Å². The Labute approximate surface area is 78.9 Å². The summed E-state index contributed by atoms with van der Waals surface area (Å²) in [4.78, 5) is 0. The van der Waals surface area contributed by atoms with Crippen LogP contribution >= 0.6 is 0 Å². The van der Waals surface area contributed by atoms with Crippen LogP contribution in [-0.2, 0) is 12.6 Å². The molecule has 1 aliphatic rings. The third kappa shape index (κ3) is 1.27. The van der Waals surface area contributed by atoms with E-state index in [4.69, 9.17) is 5.73 Å². The van der Waals surface area contributed by atoms with E-state index in [-0.39, 0.29) is 5.54 Å². The molecule has 0 aliphatic heterocycles. The average molecular weight is 179 g/mol. The summed E-state index contributed by atoms with van der Waals surface area (Å²) < 4.78 is 1.93. The Hall–Kier alpha value is -0.830. The van der Waals surface area contributed by atoms with Gasteiger partial charge >= 0.3 is 0 Å². The Morgan fingerprint density at radius 3 is 2.54 bits per heavy atom. The molecule has 1 fully saturated rings. The van der Waals surface area contributed by atoms with Gasteiger partial charge in [0.15, 0.2) is 0 Å². The lowest BCUT2D eigenvalue weighted by Crippen LogP contribution is -2.36. The minimum absolute atomic E-state index is 0.102. The Morgan fingerprint density at radius 2 is 2.08 bits per heavy atom. The molecule has 72 valence electrons. The van der Waals surface area contributed by atoms with E-state index in [1.807, 2.05) is 17.9 Å². The van der Waals surface area contributed by atoms with Gasteiger partial charge in [-0.25, -0.2) is 0 Å². The van der Waals surface area contributed by atoms with Gasteiger partial charge in [0.1, 0.15) is 0 Å². The standard InChI is InChI=1S/C10H17N3/c1-8-7-12-13(2)9(8)10(11)5-3-4-6-10/h7H,3-6,11H2,1-2H3. The van der Waals surface area contributed by atoms with Gasteiger partial charge in [0.2, 0.25) is 0 Å². The van der Waals surface area contributed by atoms with Crippen molar-refractivity contribution >= 4 is 0 Å². The van der Waals surface area contributed by atoms with Crippen molar-refractivity contribution in [2.24, 2.45) is 12.8 Å². The number of nitrogens with two attached hydrogens (primary N) is 1. The van der Waals surface area contributed by atoms with Crippen molar-refractivity contribution in [3.05, 3.63) is 17.5 Å². The van der Waals surface area contributed by atoms with Crippen LogP contribution in [0.1, 0.15) is 36.9 Å². The number of hydrogen-bond acceptors (Lipinski definition) is 2. The molecule has 0 spiro atoms. The Kier molecular flexibility index (Phi) is 1.91. The second-order valence-electron chi connectivity index (χ2n) is 4.16. The zero-order valence-electron chi connectivity index (χ0n) is 8.38. The van der Waals surface area contributed by atoms with E-state index >= 15 is 0 Å². The van der Waals surface area contributed by atoms with Crippen molar-refractivity contribution in [3.8, 4) is 0 Å². The van der Waals surface area contributed by atoms with Crippen molar-refractivity contribution in [2.75, 3.05) is 0 Å². The maximum atomic E-state index is 6.37. The maximum Gasteiger partial charge on any atom is 0.0608 e. The molecule has 1 aromatic rings. The van der Waals surface area contributed by atoms with Gasteiger partial charge in [0.25, 0.3) is 0 Å². The van der Waals surface area contributed by atoms with Crippen LogP contribution in [0.4, 0.5) is 0 Å². The van der Waals surface area contributed by atoms with Gasteiger partial charge in [-0.1, -0.05) is 12.8 Å². The molecule has 1 aromatic heterocycles. The van der Waals surface area contributed by atoms with Crippen LogP contribution < -0.4 is 5.73 Å². The number of hydrogen-bond donors (Lipinski definition) is 1. The largest absolute Gasteiger partial charge is 0.320 e. The van der Waals surface area contributed by atoms with Gasteiger partial charge in [-0.2, -0.15) is 5.10 Å². The number of aryl methyl sites for hydroxylation is 2. The van der Waals surface area contributed by atoms with Crippen LogP contribution in [0.25, 0.3) is 0 Å². The lowest BCUT2D eigenvalue weighted by Gasteiger charge is -2.24. The summed E-state index contributed by atoms with van der Waals surface area (Å²) in [5.41, 5.74) is 8.72. The van der Waals surface area contributed by atoms with E-state index in [2.05, 4.69) is 12.0 Å². The molecule has 1 saturated carbocycles. The Balaban J connectivity index is 2.43. The van der Waals surface area contributed by atoms with Gasteiger partial charge < -0.3 is 5.73 Å². The summed E-state index contributed by atoms with van der Waals surface area (Å²) in [6.07, 6.45) is 6.62. The number of rotatable bonds is 1. The van der Waals surface area contributed by atoms with Gasteiger partial charge in [-0.15, -0.1) is 0 Å². The zero-order valence-corrected chi connectivity index (χ0v) is 8.38. The van der Waals surface area contributed by atoms with Crippen LogP contribution in [0.15, 0.2) is 6.20 Å². The van der Waals surface area contributed by atoms with Gasteiger partial charge in [0, 0.05) is 7.05 Å². The molecule has 0 amide bonds. The van der Waals surface area contributed by atoms with E-state index in [9.17, 15) is 0 Å². The molecule has 13 heavy (non-hydrogen) atoms. The molecule has 0 radical (unpaired) electrons. The van der Waals surface area contributed by atoms with Crippen molar-refractivity contribution < 1.29 is 0 Å². The molecule has 2 N–H and O–H groups in total. The third-order valence-electron chi connectivity index (χ3n) is 3.09. The van der Waals surface area contributed by atoms with Gasteiger partial charge in [-0.3, -0.25) is 4.68 Å². The summed E-state index contributed by atoms with van der Waals surface area (Å²) >= 11 is 0. The van der Waals surface area contributed by atoms with Gasteiger partial charge in [0.05, 0.1) is 17.4 Å². The second kappa shape index (κ2) is 2.84. The third-order valence-corrected chi connectivity index (χ3v) is 3.09. The highest BCUT2D eigenvalue weighted by atomic mass is 15.3. The predicted molar refractivity (Wildman–Crippen MR) is 52.3 cm³/mol. The molecule has 0 unspecified atom stereocenters. The SMILES string of the molecule is Cc1cnn(C)c1C1(N)CCCC1. The highest BCUT2D eigenvalue weighted by molar-refractivity contribution is 5.25. The summed E-state index contributed by atoms with van der Waals surface area (Å²) in [6.45, 7) is 2.09. The molecule has 3 heteroatoms. The maximum absolute atomic E-state index is 6.37. The molecule has 1 aliphatic carbocycles. The quantitative estimate of drug-likeness (QED) is 0.709. The van der Waals surface area contributed by atoms with Crippen LogP contribution in [0, 0.1) is 6.92 Å². The first kappa shape index (κ1) is 8.75. The van der Waals surface area contributed by atoms with Crippen molar-refractivity contribution in [1.82, 2.24) is 9.78 Å². The van der Waals surface area contributed by atoms with Crippen LogP contribution in [-0.4, -0.2) is 9.78 Å². The molecule has 0 aromatic carbocycles. The molecule has 0 atom stereocenters. The highest BCUT2D eigenvalue weighted by Gasteiger charge is 2.34. The average Bonchev–Trinajstić information content (AvgIpc) is 2.60. The normalized spacial score (nSPS) is 20.8. The second-order valence-corrected chi connectivity index (χ2v) is 4.16. The van der Waals surface area contributed by atoms with Crippen LogP contribution in [0.5, 0.6) is 0 Å². The van der Waals surface area contributed by atoms with Crippen LogP contribution in [0.3, 0.4) is 0 Å². The molecular weight excluding hydrogens is 162 g/mol. The zero-order chi connectivity index (χ0) is 9.47. The lowest BCUT2D eigenvalue weighted by atomic mass is 9.92. The topological polar surface area (TPSA) is 43.8 Å². The first-order valence-electron chi connectivity index (χ1n) is 4.91. The van der Waals surface area contributed by atoms with Gasteiger partial charge in [-0.05, 0) is 25.3 Å². The van der Waals surface area contributed by atoms with Crippen molar-refractivity contribution in [2.45, 2.75) is 38.1 Å². The fourth-order valence-corrected chi connectivity index (χ4v) is 2.50. The molecule has 0 saturated heterocycles. The first-order chi connectivity index (χ1) is 6.13. The molecule has 0 bridgehead atoms. The summed E-state index contributed by atoms with van der Waals surface area (Å²) in [5, 5.41) is 4.24. The van der Waals surface area contributed by atoms with Crippen LogP contribution in [0.2, 0.25) is 0 Å². The smallest absolute Gasteiger partial charge is 0.0608 e. The highest BCUT2D eigenvalue weighted by Crippen LogP contribution is 2.37. The first-order valence-corrected chi connectivity index (χ1v) is 4.91. The van der Waals surface area contributed by atoms with E-state index in [0.29, 0.717) is 0 Å². The monoisotopic (exact) mass is 179 g/mol. The number of nitrogens with zero attached hydrogens (tertiary/aromatic N) is 2. The van der Waals surface area contributed by atoms with Crippen molar-refractivity contribution in [1.29, 1.82) is 0 Å². The minimum atomic E-state index is -0.102. The Bertz CT molecular complexity index is 288. The molecule has 2 rings (SSSR count). The van der Waals surface area contributed by atoms with E-state index < -0.39 is 0 Å². The molecular formula is C10H17N3. The lowest BCUT2D eigenvalue weighted by molar-refractivity contribution is 0.421. The fourth-order valence-electron chi connectivity index (χ4n) is 2.50. The molecule has 1 heterocycles. The number of aromatic nitrogens is 2. The summed E-state index contributed by atoms with van der Waals surface area (Å²) in [7, 11) is 1.98. The van der Waals surface area contributed by atoms with E-state index in [1.165, 1.54) is 24.1 Å². The minimum Gasteiger partial charge on any atom is -0.320 e. The predicted octanol–water partition coefficient (Wildman–Crippen LogP) is 1.46. The van der Waals surface area contributed by atoms with Crippen molar-refractivity contribution in [3.63, 3.8) is 0 Å². The summed E-state index contributed by atoms with van der Waals surface area (Å²) in [5.74, 6) is 0. The molecule has 3 nitrogen and oxygen atoms in total. The summed E-state index contributed by atoms with van der Waals surface area (Å²) in [6, 6.07) is 0.